The zero-order chi connectivity index (χ0) is 17.5. The average Bonchev–Trinajstić information content (AvgIpc) is 3.02. The molecule has 2 rings (SSSR count). The zero-order valence-electron chi connectivity index (χ0n) is 13.9. The molecule has 0 bridgehead atoms. The molecule has 3 N–H and O–H groups in total. The fourth-order valence-electron chi connectivity index (χ4n) is 1.82. The van der Waals surface area contributed by atoms with E-state index < -0.39 is 11.3 Å². The Morgan fingerprint density at radius 1 is 1.21 bits per heavy atom. The highest BCUT2D eigenvalue weighted by molar-refractivity contribution is 8.00. The topological polar surface area (TPSA) is 99.8 Å². The third kappa shape index (κ3) is 5.38. The van der Waals surface area contributed by atoms with E-state index in [4.69, 9.17) is 0 Å². The summed E-state index contributed by atoms with van der Waals surface area (Å²) in [5.74, 6) is 0.618. The number of nitrogens with zero attached hydrogens (tertiary/aromatic N) is 2. The van der Waals surface area contributed by atoms with Gasteiger partial charge in [0.05, 0.1) is 5.25 Å². The molecule has 0 fully saturated rings. The second kappa shape index (κ2) is 8.49. The van der Waals surface area contributed by atoms with E-state index in [1.807, 2.05) is 44.2 Å². The van der Waals surface area contributed by atoms with Gasteiger partial charge in [0.25, 0.3) is 0 Å². The number of benzene rings is 1. The Kier molecular flexibility index (Phi) is 6.36. The summed E-state index contributed by atoms with van der Waals surface area (Å²) in [6.07, 6.45) is 0. The van der Waals surface area contributed by atoms with Gasteiger partial charge in [-0.15, -0.1) is 5.10 Å². The molecule has 0 saturated heterocycles. The van der Waals surface area contributed by atoms with Crippen LogP contribution in [0.15, 0.2) is 35.5 Å². The molecule has 0 aliphatic carbocycles. The van der Waals surface area contributed by atoms with Gasteiger partial charge in [0, 0.05) is 12.5 Å². The molecule has 1 aromatic carbocycles. The van der Waals surface area contributed by atoms with Crippen LogP contribution in [0.4, 0.5) is 4.79 Å². The lowest BCUT2D eigenvalue weighted by Gasteiger charge is -2.10. The molecule has 0 saturated carbocycles. The molecule has 0 aliphatic rings. The molecule has 2 aromatic rings. The molecule has 1 aromatic heterocycles. The zero-order valence-corrected chi connectivity index (χ0v) is 14.7. The van der Waals surface area contributed by atoms with Crippen LogP contribution in [-0.4, -0.2) is 32.4 Å². The Bertz CT molecular complexity index is 687. The summed E-state index contributed by atoms with van der Waals surface area (Å²) in [5, 5.41) is 11.9. The predicted molar refractivity (Wildman–Crippen MR) is 92.6 cm³/mol. The molecule has 3 amide bonds. The Morgan fingerprint density at radius 3 is 2.54 bits per heavy atom. The van der Waals surface area contributed by atoms with E-state index in [1.54, 1.807) is 6.92 Å². The number of amides is 3. The maximum atomic E-state index is 12.1. The summed E-state index contributed by atoms with van der Waals surface area (Å²) in [4.78, 5) is 28.1. The minimum absolute atomic E-state index is 0.236. The van der Waals surface area contributed by atoms with Crippen molar-refractivity contribution < 1.29 is 9.59 Å². The lowest BCUT2D eigenvalue weighted by atomic mass is 10.2. The fourth-order valence-corrected chi connectivity index (χ4v) is 2.55. The number of aromatic amines is 1. The number of hydrogen-bond acceptors (Lipinski definition) is 5. The van der Waals surface area contributed by atoms with Gasteiger partial charge in [-0.3, -0.25) is 15.2 Å². The van der Waals surface area contributed by atoms with Gasteiger partial charge in [-0.1, -0.05) is 55.9 Å². The highest BCUT2D eigenvalue weighted by Crippen LogP contribution is 2.20. The maximum Gasteiger partial charge on any atom is 0.321 e. The van der Waals surface area contributed by atoms with Gasteiger partial charge in [0.15, 0.2) is 0 Å². The van der Waals surface area contributed by atoms with Crippen LogP contribution in [0.3, 0.4) is 0 Å². The van der Waals surface area contributed by atoms with Gasteiger partial charge in [-0.05, 0) is 12.5 Å². The van der Waals surface area contributed by atoms with Crippen LogP contribution >= 0.6 is 11.8 Å². The molecule has 1 heterocycles. The van der Waals surface area contributed by atoms with Gasteiger partial charge in [-0.25, -0.2) is 9.78 Å². The standard InChI is InChI=1S/C16H21N5O2S/c1-10(2)13-18-16(21-20-13)24-11(3)14(22)19-15(23)17-9-12-7-5-4-6-8-12/h4-8,10-11H,9H2,1-3H3,(H,18,20,21)(H2,17,19,22,23)/t11-/m0/s1. The maximum absolute atomic E-state index is 12.1. The summed E-state index contributed by atoms with van der Waals surface area (Å²) >= 11 is 1.20. The smallest absolute Gasteiger partial charge is 0.321 e. The molecular weight excluding hydrogens is 326 g/mol. The minimum atomic E-state index is -0.519. The minimum Gasteiger partial charge on any atom is -0.334 e. The van der Waals surface area contributed by atoms with Crippen molar-refractivity contribution in [3.8, 4) is 0 Å². The van der Waals surface area contributed by atoms with Crippen LogP contribution in [0.5, 0.6) is 0 Å². The molecule has 1 atom stereocenters. The molecule has 24 heavy (non-hydrogen) atoms. The number of carbonyl (C=O) groups excluding carboxylic acids is 2. The van der Waals surface area contributed by atoms with Gasteiger partial charge in [0.1, 0.15) is 5.82 Å². The summed E-state index contributed by atoms with van der Waals surface area (Å²) < 4.78 is 0. The van der Waals surface area contributed by atoms with Crippen molar-refractivity contribution in [2.45, 2.75) is 43.6 Å². The van der Waals surface area contributed by atoms with Crippen molar-refractivity contribution in [2.24, 2.45) is 0 Å². The molecule has 128 valence electrons. The Hall–Kier alpha value is -2.35. The lowest BCUT2D eigenvalue weighted by molar-refractivity contribution is -0.119. The second-order valence-electron chi connectivity index (χ2n) is 5.58. The summed E-state index contributed by atoms with van der Waals surface area (Å²) in [6, 6.07) is 8.96. The van der Waals surface area contributed by atoms with Crippen molar-refractivity contribution in [3.05, 3.63) is 41.7 Å². The van der Waals surface area contributed by atoms with Crippen LogP contribution in [0.2, 0.25) is 0 Å². The number of nitrogens with one attached hydrogen (secondary N) is 3. The second-order valence-corrected chi connectivity index (χ2v) is 6.88. The summed E-state index contributed by atoms with van der Waals surface area (Å²) in [7, 11) is 0. The van der Waals surface area contributed by atoms with Crippen molar-refractivity contribution >= 4 is 23.7 Å². The first kappa shape index (κ1) is 18.0. The number of aromatic nitrogens is 3. The molecule has 0 unspecified atom stereocenters. The van der Waals surface area contributed by atoms with Crippen LogP contribution in [0.25, 0.3) is 0 Å². The number of urea groups is 1. The first-order chi connectivity index (χ1) is 11.5. The number of thioether (sulfide) groups is 1. The molecule has 0 aliphatic heterocycles. The van der Waals surface area contributed by atoms with E-state index in [0.29, 0.717) is 11.7 Å². The third-order valence-corrected chi connectivity index (χ3v) is 4.17. The molecule has 0 radical (unpaired) electrons. The lowest BCUT2D eigenvalue weighted by Crippen LogP contribution is -2.42. The number of hydrogen-bond donors (Lipinski definition) is 3. The van der Waals surface area contributed by atoms with Crippen molar-refractivity contribution in [3.63, 3.8) is 0 Å². The van der Waals surface area contributed by atoms with E-state index in [2.05, 4.69) is 25.8 Å². The number of carbonyl (C=O) groups is 2. The van der Waals surface area contributed by atoms with E-state index in [-0.39, 0.29) is 11.8 Å². The van der Waals surface area contributed by atoms with E-state index >= 15 is 0 Å². The van der Waals surface area contributed by atoms with Crippen LogP contribution < -0.4 is 10.6 Å². The fraction of sp³-hybridized carbons (Fsp3) is 0.375. The van der Waals surface area contributed by atoms with Crippen molar-refractivity contribution in [1.82, 2.24) is 25.8 Å². The molecule has 0 spiro atoms. The predicted octanol–water partition coefficient (Wildman–Crippen LogP) is 2.43. The SMILES string of the molecule is CC(C)c1nc(S[C@@H](C)C(=O)NC(=O)NCc2ccccc2)n[nH]1. The van der Waals surface area contributed by atoms with Gasteiger partial charge >= 0.3 is 6.03 Å². The number of rotatable bonds is 6. The normalized spacial score (nSPS) is 12.0. The average molecular weight is 347 g/mol. The summed E-state index contributed by atoms with van der Waals surface area (Å²) in [6.45, 7) is 6.07. The largest absolute Gasteiger partial charge is 0.334 e. The highest BCUT2D eigenvalue weighted by Gasteiger charge is 2.19. The van der Waals surface area contributed by atoms with Crippen molar-refractivity contribution in [1.29, 1.82) is 0 Å². The van der Waals surface area contributed by atoms with E-state index in [1.165, 1.54) is 11.8 Å². The van der Waals surface area contributed by atoms with Crippen LogP contribution in [0.1, 0.15) is 38.1 Å². The highest BCUT2D eigenvalue weighted by atomic mass is 32.2. The third-order valence-electron chi connectivity index (χ3n) is 3.21. The first-order valence-corrected chi connectivity index (χ1v) is 8.55. The molecule has 7 nitrogen and oxygen atoms in total. The van der Waals surface area contributed by atoms with Crippen LogP contribution in [-0.2, 0) is 11.3 Å². The van der Waals surface area contributed by atoms with Gasteiger partial charge in [-0.2, -0.15) is 0 Å². The first-order valence-electron chi connectivity index (χ1n) is 7.67. The monoisotopic (exact) mass is 347 g/mol. The van der Waals surface area contributed by atoms with E-state index in [9.17, 15) is 9.59 Å². The Balaban J connectivity index is 1.78. The van der Waals surface area contributed by atoms with Crippen LogP contribution in [0, 0.1) is 0 Å². The Morgan fingerprint density at radius 2 is 1.92 bits per heavy atom. The van der Waals surface area contributed by atoms with E-state index in [0.717, 1.165) is 11.4 Å². The van der Waals surface area contributed by atoms with Crippen molar-refractivity contribution in [2.75, 3.05) is 0 Å². The summed E-state index contributed by atoms with van der Waals surface area (Å²) in [5.41, 5.74) is 0.962. The molecular formula is C16H21N5O2S. The molecule has 8 heteroatoms. The quantitative estimate of drug-likeness (QED) is 0.697. The van der Waals surface area contributed by atoms with Gasteiger partial charge < -0.3 is 5.32 Å². The Labute approximate surface area is 145 Å². The number of H-pyrrole nitrogens is 1. The van der Waals surface area contributed by atoms with Gasteiger partial charge in [0.2, 0.25) is 11.1 Å². The number of imide groups is 1.